The predicted molar refractivity (Wildman–Crippen MR) is 93.7 cm³/mol. The van der Waals surface area contributed by atoms with Crippen LogP contribution in [0.15, 0.2) is 42.5 Å². The van der Waals surface area contributed by atoms with Gasteiger partial charge in [-0.15, -0.1) is 0 Å². The molecule has 122 valence electrons. The Morgan fingerprint density at radius 1 is 1.00 bits per heavy atom. The van der Waals surface area contributed by atoms with Crippen LogP contribution in [0, 0.1) is 20.8 Å². The number of ether oxygens (including phenoxy) is 1. The minimum Gasteiger partial charge on any atom is -0.481 e. The standard InChI is InChI=1S/C20H25NO2/c1-13-10-11-18(15(3)12-13)16(4)21-20(22)17(5)23-19-9-7-6-8-14(19)2/h6-12,16-17H,1-5H3,(H,21,22). The minimum absolute atomic E-state index is 0.0500. The Hall–Kier alpha value is -2.29. The van der Waals surface area contributed by atoms with Crippen molar-refractivity contribution in [2.45, 2.75) is 46.8 Å². The lowest BCUT2D eigenvalue weighted by Crippen LogP contribution is -2.38. The van der Waals surface area contributed by atoms with E-state index >= 15 is 0 Å². The lowest BCUT2D eigenvalue weighted by Gasteiger charge is -2.21. The van der Waals surface area contributed by atoms with Crippen molar-refractivity contribution in [3.8, 4) is 5.75 Å². The van der Waals surface area contributed by atoms with Crippen molar-refractivity contribution >= 4 is 5.91 Å². The average molecular weight is 311 g/mol. The molecule has 23 heavy (non-hydrogen) atoms. The molecule has 2 aromatic carbocycles. The van der Waals surface area contributed by atoms with Crippen LogP contribution in [0.5, 0.6) is 5.75 Å². The van der Waals surface area contributed by atoms with E-state index in [4.69, 9.17) is 4.74 Å². The largest absolute Gasteiger partial charge is 0.481 e. The van der Waals surface area contributed by atoms with Gasteiger partial charge in [0.1, 0.15) is 5.75 Å². The zero-order valence-electron chi connectivity index (χ0n) is 14.5. The molecule has 0 fully saturated rings. The highest BCUT2D eigenvalue weighted by atomic mass is 16.5. The van der Waals surface area contributed by atoms with Crippen molar-refractivity contribution in [1.29, 1.82) is 0 Å². The van der Waals surface area contributed by atoms with Gasteiger partial charge >= 0.3 is 0 Å². The van der Waals surface area contributed by atoms with Crippen LogP contribution in [0.4, 0.5) is 0 Å². The van der Waals surface area contributed by atoms with E-state index in [9.17, 15) is 4.79 Å². The van der Waals surface area contributed by atoms with Gasteiger partial charge in [-0.2, -0.15) is 0 Å². The number of rotatable bonds is 5. The number of amides is 1. The normalized spacial score (nSPS) is 13.3. The number of carbonyl (C=O) groups excluding carboxylic acids is 1. The fraction of sp³-hybridized carbons (Fsp3) is 0.350. The molecule has 0 spiro atoms. The molecule has 3 heteroatoms. The van der Waals surface area contributed by atoms with Crippen molar-refractivity contribution in [2.24, 2.45) is 0 Å². The van der Waals surface area contributed by atoms with Crippen LogP contribution in [0.1, 0.15) is 42.1 Å². The Kier molecular flexibility index (Phi) is 5.43. The molecule has 0 saturated carbocycles. The monoisotopic (exact) mass is 311 g/mol. The van der Waals surface area contributed by atoms with Crippen LogP contribution in [-0.4, -0.2) is 12.0 Å². The van der Waals surface area contributed by atoms with Gasteiger partial charge in [0.25, 0.3) is 5.91 Å². The number of benzene rings is 2. The van der Waals surface area contributed by atoms with Gasteiger partial charge < -0.3 is 10.1 Å². The highest BCUT2D eigenvalue weighted by molar-refractivity contribution is 5.81. The summed E-state index contributed by atoms with van der Waals surface area (Å²) in [5, 5.41) is 3.03. The van der Waals surface area contributed by atoms with Gasteiger partial charge in [-0.3, -0.25) is 4.79 Å². The van der Waals surface area contributed by atoms with Crippen LogP contribution >= 0.6 is 0 Å². The summed E-state index contributed by atoms with van der Waals surface area (Å²) in [5.41, 5.74) is 4.56. The first-order valence-corrected chi connectivity index (χ1v) is 7.98. The van der Waals surface area contributed by atoms with E-state index in [-0.39, 0.29) is 11.9 Å². The van der Waals surface area contributed by atoms with E-state index in [0.29, 0.717) is 0 Å². The van der Waals surface area contributed by atoms with Crippen LogP contribution in [-0.2, 0) is 4.79 Å². The third kappa shape index (κ3) is 4.35. The van der Waals surface area contributed by atoms with Gasteiger partial charge in [-0.1, -0.05) is 42.0 Å². The SMILES string of the molecule is Cc1ccc(C(C)NC(=O)C(C)Oc2ccccc2C)c(C)c1. The van der Waals surface area contributed by atoms with Gasteiger partial charge in [-0.05, 0) is 57.4 Å². The Morgan fingerprint density at radius 3 is 2.35 bits per heavy atom. The lowest BCUT2D eigenvalue weighted by atomic mass is 10.00. The maximum atomic E-state index is 12.4. The molecule has 0 heterocycles. The maximum absolute atomic E-state index is 12.4. The maximum Gasteiger partial charge on any atom is 0.261 e. The summed E-state index contributed by atoms with van der Waals surface area (Å²) in [6.45, 7) is 9.88. The van der Waals surface area contributed by atoms with Gasteiger partial charge in [0, 0.05) is 0 Å². The summed E-state index contributed by atoms with van der Waals surface area (Å²) in [6.07, 6.45) is -0.538. The lowest BCUT2D eigenvalue weighted by molar-refractivity contribution is -0.127. The number of carbonyl (C=O) groups is 1. The van der Waals surface area contributed by atoms with Crippen molar-refractivity contribution in [2.75, 3.05) is 0 Å². The molecule has 0 saturated heterocycles. The molecule has 2 atom stereocenters. The zero-order valence-corrected chi connectivity index (χ0v) is 14.5. The van der Waals surface area contributed by atoms with E-state index in [1.807, 2.05) is 38.1 Å². The molecule has 0 bridgehead atoms. The smallest absolute Gasteiger partial charge is 0.261 e. The fourth-order valence-electron chi connectivity index (χ4n) is 2.65. The van der Waals surface area contributed by atoms with E-state index in [1.54, 1.807) is 6.92 Å². The van der Waals surface area contributed by atoms with Crippen molar-refractivity contribution in [3.63, 3.8) is 0 Å². The van der Waals surface area contributed by atoms with Crippen LogP contribution in [0.3, 0.4) is 0 Å². The molecule has 1 amide bonds. The molecular weight excluding hydrogens is 286 g/mol. The number of para-hydroxylation sites is 1. The summed E-state index contributed by atoms with van der Waals surface area (Å²) in [5.74, 6) is 0.634. The Bertz CT molecular complexity index is 694. The van der Waals surface area contributed by atoms with Crippen LogP contribution in [0.2, 0.25) is 0 Å². The van der Waals surface area contributed by atoms with Gasteiger partial charge in [-0.25, -0.2) is 0 Å². The summed E-state index contributed by atoms with van der Waals surface area (Å²) in [6, 6.07) is 13.9. The molecule has 0 aliphatic rings. The Morgan fingerprint density at radius 2 is 1.70 bits per heavy atom. The summed E-state index contributed by atoms with van der Waals surface area (Å²) in [4.78, 5) is 12.4. The molecule has 0 aliphatic carbocycles. The quantitative estimate of drug-likeness (QED) is 0.896. The molecule has 0 aromatic heterocycles. The van der Waals surface area contributed by atoms with Crippen molar-refractivity contribution < 1.29 is 9.53 Å². The molecule has 0 aliphatic heterocycles. The highest BCUT2D eigenvalue weighted by Gasteiger charge is 2.19. The minimum atomic E-state index is -0.538. The number of hydrogen-bond acceptors (Lipinski definition) is 2. The molecular formula is C20H25NO2. The summed E-state index contributed by atoms with van der Waals surface area (Å²) < 4.78 is 5.78. The summed E-state index contributed by atoms with van der Waals surface area (Å²) in [7, 11) is 0. The first-order chi connectivity index (χ1) is 10.9. The Balaban J connectivity index is 2.01. The highest BCUT2D eigenvalue weighted by Crippen LogP contribution is 2.20. The number of aryl methyl sites for hydroxylation is 3. The zero-order chi connectivity index (χ0) is 17.0. The van der Waals surface area contributed by atoms with E-state index < -0.39 is 6.10 Å². The molecule has 2 unspecified atom stereocenters. The van der Waals surface area contributed by atoms with E-state index in [2.05, 4.69) is 37.4 Å². The number of hydrogen-bond donors (Lipinski definition) is 1. The van der Waals surface area contributed by atoms with Gasteiger partial charge in [0.15, 0.2) is 6.10 Å². The molecule has 2 aromatic rings. The first kappa shape index (κ1) is 17.1. The topological polar surface area (TPSA) is 38.3 Å². The van der Waals surface area contributed by atoms with E-state index in [0.717, 1.165) is 16.9 Å². The van der Waals surface area contributed by atoms with Crippen molar-refractivity contribution in [1.82, 2.24) is 5.32 Å². The third-order valence-electron chi connectivity index (χ3n) is 4.02. The Labute approximate surface area is 138 Å². The molecule has 1 N–H and O–H groups in total. The fourth-order valence-corrected chi connectivity index (χ4v) is 2.65. The van der Waals surface area contributed by atoms with Crippen LogP contribution < -0.4 is 10.1 Å². The second kappa shape index (κ2) is 7.32. The van der Waals surface area contributed by atoms with Crippen molar-refractivity contribution in [3.05, 3.63) is 64.7 Å². The first-order valence-electron chi connectivity index (χ1n) is 7.98. The van der Waals surface area contributed by atoms with Crippen LogP contribution in [0.25, 0.3) is 0 Å². The predicted octanol–water partition coefficient (Wildman–Crippen LogP) is 4.26. The average Bonchev–Trinajstić information content (AvgIpc) is 2.49. The number of nitrogens with one attached hydrogen (secondary N) is 1. The molecule has 0 radical (unpaired) electrons. The summed E-state index contributed by atoms with van der Waals surface area (Å²) >= 11 is 0. The third-order valence-corrected chi connectivity index (χ3v) is 4.02. The second-order valence-corrected chi connectivity index (χ2v) is 6.12. The molecule has 2 rings (SSSR count). The van der Waals surface area contributed by atoms with Gasteiger partial charge in [0.2, 0.25) is 0 Å². The second-order valence-electron chi connectivity index (χ2n) is 6.12. The molecule has 3 nitrogen and oxygen atoms in total. The van der Waals surface area contributed by atoms with E-state index in [1.165, 1.54) is 11.1 Å². The van der Waals surface area contributed by atoms with Gasteiger partial charge in [0.05, 0.1) is 6.04 Å².